The maximum atomic E-state index is 13.3. The van der Waals surface area contributed by atoms with Crippen molar-refractivity contribution in [2.24, 2.45) is 0 Å². The highest BCUT2D eigenvalue weighted by molar-refractivity contribution is 6.33. The van der Waals surface area contributed by atoms with Gasteiger partial charge in [0.15, 0.2) is 0 Å². The Bertz CT molecular complexity index is 593. The number of likely N-dealkylation sites (tertiary alicyclic amines) is 1. The fourth-order valence-electron chi connectivity index (χ4n) is 2.79. The van der Waals surface area contributed by atoms with Crippen LogP contribution in [0.4, 0.5) is 14.9 Å². The molecule has 5 nitrogen and oxygen atoms in total. The van der Waals surface area contributed by atoms with Crippen LogP contribution in [0.5, 0.6) is 0 Å². The van der Waals surface area contributed by atoms with E-state index in [4.69, 9.17) is 11.6 Å². The number of hydrogen-bond acceptors (Lipinski definition) is 2. The molecular weight excluding hydrogens is 321 g/mol. The van der Waals surface area contributed by atoms with Crippen molar-refractivity contribution in [1.29, 1.82) is 0 Å². The van der Waals surface area contributed by atoms with Gasteiger partial charge in [-0.1, -0.05) is 11.6 Å². The predicted octanol–water partition coefficient (Wildman–Crippen LogP) is 3.34. The third kappa shape index (κ3) is 3.93. The van der Waals surface area contributed by atoms with Crippen LogP contribution in [0.1, 0.15) is 26.7 Å². The zero-order valence-corrected chi connectivity index (χ0v) is 14.1. The Morgan fingerprint density at radius 1 is 1.39 bits per heavy atom. The number of likely N-dealkylation sites (N-methyl/N-ethyl adjacent to an activating group) is 1. The first-order valence-electron chi connectivity index (χ1n) is 7.79. The summed E-state index contributed by atoms with van der Waals surface area (Å²) in [7, 11) is 0. The Kier molecular flexibility index (Phi) is 5.82. The maximum absolute atomic E-state index is 13.3. The average Bonchev–Trinajstić information content (AvgIpc) is 3.01. The van der Waals surface area contributed by atoms with E-state index in [1.807, 2.05) is 13.8 Å². The van der Waals surface area contributed by atoms with Gasteiger partial charge < -0.3 is 15.1 Å². The second-order valence-electron chi connectivity index (χ2n) is 5.42. The van der Waals surface area contributed by atoms with Crippen LogP contribution in [0.25, 0.3) is 0 Å². The van der Waals surface area contributed by atoms with Crippen LogP contribution in [0.3, 0.4) is 0 Å². The van der Waals surface area contributed by atoms with Crippen LogP contribution in [-0.2, 0) is 4.79 Å². The molecule has 1 aliphatic heterocycles. The minimum absolute atomic E-state index is 0.0482. The number of nitrogens with zero attached hydrogens (tertiary/aromatic N) is 2. The fraction of sp³-hybridized carbons (Fsp3) is 0.500. The van der Waals surface area contributed by atoms with Gasteiger partial charge in [0, 0.05) is 19.6 Å². The maximum Gasteiger partial charge on any atom is 0.322 e. The number of rotatable bonds is 4. The van der Waals surface area contributed by atoms with Gasteiger partial charge in [-0.2, -0.15) is 0 Å². The lowest BCUT2D eigenvalue weighted by Crippen LogP contribution is -2.49. The monoisotopic (exact) mass is 341 g/mol. The van der Waals surface area contributed by atoms with E-state index in [-0.39, 0.29) is 16.6 Å². The zero-order valence-electron chi connectivity index (χ0n) is 13.3. The molecule has 23 heavy (non-hydrogen) atoms. The van der Waals surface area contributed by atoms with Gasteiger partial charge in [-0.25, -0.2) is 9.18 Å². The molecule has 1 N–H and O–H groups in total. The molecule has 1 aromatic rings. The van der Waals surface area contributed by atoms with E-state index >= 15 is 0 Å². The molecule has 2 rings (SSSR count). The number of amides is 3. The van der Waals surface area contributed by atoms with Gasteiger partial charge in [-0.15, -0.1) is 0 Å². The molecule has 0 aromatic heterocycles. The first-order valence-corrected chi connectivity index (χ1v) is 8.17. The van der Waals surface area contributed by atoms with Crippen molar-refractivity contribution in [3.8, 4) is 0 Å². The van der Waals surface area contributed by atoms with E-state index in [1.54, 1.807) is 4.90 Å². The van der Waals surface area contributed by atoms with Crippen LogP contribution in [0.2, 0.25) is 5.02 Å². The van der Waals surface area contributed by atoms with Crippen molar-refractivity contribution in [1.82, 2.24) is 9.80 Å². The van der Waals surface area contributed by atoms with Gasteiger partial charge in [0.05, 0.1) is 10.7 Å². The highest BCUT2D eigenvalue weighted by Crippen LogP contribution is 2.25. The van der Waals surface area contributed by atoms with E-state index in [0.717, 1.165) is 12.5 Å². The lowest BCUT2D eigenvalue weighted by atomic mass is 10.2. The summed E-state index contributed by atoms with van der Waals surface area (Å²) < 4.78 is 13.3. The second kappa shape index (κ2) is 7.64. The minimum atomic E-state index is -0.484. The van der Waals surface area contributed by atoms with Crippen molar-refractivity contribution in [2.45, 2.75) is 32.7 Å². The number of urea groups is 1. The lowest BCUT2D eigenvalue weighted by molar-refractivity contribution is -0.134. The highest BCUT2D eigenvalue weighted by Gasteiger charge is 2.36. The molecule has 126 valence electrons. The molecule has 0 radical (unpaired) electrons. The summed E-state index contributed by atoms with van der Waals surface area (Å²) in [5.74, 6) is -0.533. The molecular formula is C16H21ClFN3O2. The Hall–Kier alpha value is -1.82. The number of anilines is 1. The second-order valence-corrected chi connectivity index (χ2v) is 5.82. The minimum Gasteiger partial charge on any atom is -0.341 e. The molecule has 1 heterocycles. The Morgan fingerprint density at radius 3 is 2.74 bits per heavy atom. The standard InChI is InChI=1S/C16H21ClFN3O2/c1-3-20(4-2)15(22)14-6-5-9-21(14)16(23)19-13-10-11(18)7-8-12(13)17/h7-8,10,14H,3-6,9H2,1-2H3,(H,19,23)/t14-/m0/s1. The van der Waals surface area contributed by atoms with Crippen LogP contribution in [-0.4, -0.2) is 47.4 Å². The Morgan fingerprint density at radius 2 is 2.09 bits per heavy atom. The molecule has 1 saturated heterocycles. The summed E-state index contributed by atoms with van der Waals surface area (Å²) in [6, 6.07) is 2.87. The van der Waals surface area contributed by atoms with Crippen molar-refractivity contribution in [2.75, 3.05) is 25.0 Å². The third-order valence-corrected chi connectivity index (χ3v) is 4.37. The molecule has 0 spiro atoms. The quantitative estimate of drug-likeness (QED) is 0.913. The first-order chi connectivity index (χ1) is 11.0. The number of carbonyl (C=O) groups excluding carboxylic acids is 2. The van der Waals surface area contributed by atoms with Gasteiger partial charge in [0.1, 0.15) is 11.9 Å². The average molecular weight is 342 g/mol. The summed E-state index contributed by atoms with van der Waals surface area (Å²) in [6.07, 6.45) is 1.40. The topological polar surface area (TPSA) is 52.7 Å². The van der Waals surface area contributed by atoms with Crippen molar-refractivity contribution in [3.63, 3.8) is 0 Å². The molecule has 0 unspecified atom stereocenters. The Balaban J connectivity index is 2.11. The number of benzene rings is 1. The Labute approximate surface area is 140 Å². The van der Waals surface area contributed by atoms with Crippen molar-refractivity contribution < 1.29 is 14.0 Å². The number of halogens is 2. The van der Waals surface area contributed by atoms with Crippen LogP contribution in [0, 0.1) is 5.82 Å². The van der Waals surface area contributed by atoms with Gasteiger partial charge in [-0.3, -0.25) is 4.79 Å². The lowest BCUT2D eigenvalue weighted by Gasteiger charge is -2.29. The third-order valence-electron chi connectivity index (χ3n) is 4.04. The van der Waals surface area contributed by atoms with Gasteiger partial charge in [-0.05, 0) is 44.9 Å². The van der Waals surface area contributed by atoms with Gasteiger partial charge in [0.2, 0.25) is 5.91 Å². The number of nitrogens with one attached hydrogen (secondary N) is 1. The van der Waals surface area contributed by atoms with E-state index in [0.29, 0.717) is 26.1 Å². The molecule has 0 aliphatic carbocycles. The van der Waals surface area contributed by atoms with Crippen LogP contribution >= 0.6 is 11.6 Å². The van der Waals surface area contributed by atoms with Crippen molar-refractivity contribution in [3.05, 3.63) is 29.0 Å². The molecule has 7 heteroatoms. The summed E-state index contributed by atoms with van der Waals surface area (Å²) in [5, 5.41) is 2.85. The smallest absolute Gasteiger partial charge is 0.322 e. The van der Waals surface area contributed by atoms with E-state index in [1.165, 1.54) is 17.0 Å². The number of carbonyl (C=O) groups is 2. The first kappa shape index (κ1) is 17.5. The summed E-state index contributed by atoms with van der Waals surface area (Å²) in [5.41, 5.74) is 0.206. The zero-order chi connectivity index (χ0) is 17.0. The molecule has 1 atom stereocenters. The fourth-order valence-corrected chi connectivity index (χ4v) is 2.96. The number of hydrogen-bond donors (Lipinski definition) is 1. The van der Waals surface area contributed by atoms with Gasteiger partial charge >= 0.3 is 6.03 Å². The van der Waals surface area contributed by atoms with Crippen LogP contribution in [0.15, 0.2) is 18.2 Å². The molecule has 1 aromatic carbocycles. The van der Waals surface area contributed by atoms with E-state index in [9.17, 15) is 14.0 Å². The summed E-state index contributed by atoms with van der Waals surface area (Å²) in [6.45, 7) is 5.53. The molecule has 1 aliphatic rings. The summed E-state index contributed by atoms with van der Waals surface area (Å²) in [4.78, 5) is 28.2. The SMILES string of the molecule is CCN(CC)C(=O)[C@@H]1CCCN1C(=O)Nc1cc(F)ccc1Cl. The van der Waals surface area contributed by atoms with E-state index < -0.39 is 17.9 Å². The van der Waals surface area contributed by atoms with Crippen LogP contribution < -0.4 is 5.32 Å². The largest absolute Gasteiger partial charge is 0.341 e. The molecule has 0 bridgehead atoms. The highest BCUT2D eigenvalue weighted by atomic mass is 35.5. The summed E-state index contributed by atoms with van der Waals surface area (Å²) >= 11 is 5.97. The van der Waals surface area contributed by atoms with E-state index in [2.05, 4.69) is 5.32 Å². The molecule has 0 saturated carbocycles. The molecule has 3 amide bonds. The van der Waals surface area contributed by atoms with Crippen molar-refractivity contribution >= 4 is 29.2 Å². The van der Waals surface area contributed by atoms with Gasteiger partial charge in [0.25, 0.3) is 0 Å². The predicted molar refractivity (Wildman–Crippen MR) is 88.1 cm³/mol. The molecule has 1 fully saturated rings. The normalized spacial score (nSPS) is 17.2.